The van der Waals surface area contributed by atoms with E-state index in [9.17, 15) is 0 Å². The molecule has 2 N–H and O–H groups in total. The van der Waals surface area contributed by atoms with Gasteiger partial charge in [-0.1, -0.05) is 26.0 Å². The molecule has 0 radical (unpaired) electrons. The van der Waals surface area contributed by atoms with Gasteiger partial charge in [-0.3, -0.25) is 4.90 Å². The van der Waals surface area contributed by atoms with E-state index in [0.29, 0.717) is 6.04 Å². The van der Waals surface area contributed by atoms with Gasteiger partial charge in [-0.05, 0) is 49.4 Å². The van der Waals surface area contributed by atoms with Crippen molar-refractivity contribution in [2.24, 2.45) is 17.6 Å². The molecule has 0 bridgehead atoms. The molecule has 0 aliphatic heterocycles. The van der Waals surface area contributed by atoms with E-state index in [1.807, 2.05) is 12.1 Å². The number of likely N-dealkylation sites (N-methyl/N-ethyl adjacent to an activating group) is 1. The lowest BCUT2D eigenvalue weighted by Crippen LogP contribution is -2.39. The summed E-state index contributed by atoms with van der Waals surface area (Å²) >= 11 is 0. The zero-order chi connectivity index (χ0) is 14.7. The Labute approximate surface area is 123 Å². The second-order valence-corrected chi connectivity index (χ2v) is 6.20. The van der Waals surface area contributed by atoms with Crippen molar-refractivity contribution < 1.29 is 4.74 Å². The largest absolute Gasteiger partial charge is 0.497 e. The highest BCUT2D eigenvalue weighted by atomic mass is 16.5. The lowest BCUT2D eigenvalue weighted by Gasteiger charge is -2.33. The van der Waals surface area contributed by atoms with Crippen molar-refractivity contribution in [1.29, 1.82) is 0 Å². The lowest BCUT2D eigenvalue weighted by molar-refractivity contribution is 0.199. The molecule has 1 fully saturated rings. The van der Waals surface area contributed by atoms with Gasteiger partial charge in [0.05, 0.1) is 7.11 Å². The van der Waals surface area contributed by atoms with Crippen LogP contribution in [0.5, 0.6) is 5.75 Å². The number of nitrogens with two attached hydrogens (primary N) is 1. The molecule has 0 spiro atoms. The number of benzene rings is 1. The maximum Gasteiger partial charge on any atom is 0.118 e. The number of ether oxygens (including phenoxy) is 1. The van der Waals surface area contributed by atoms with Crippen LogP contribution in [-0.2, 0) is 0 Å². The third-order valence-electron chi connectivity index (χ3n) is 4.61. The van der Waals surface area contributed by atoms with Crippen LogP contribution in [0.15, 0.2) is 24.3 Å². The molecule has 112 valence electrons. The molecule has 3 heteroatoms. The Balaban J connectivity index is 2.12. The Hall–Kier alpha value is -1.06. The van der Waals surface area contributed by atoms with Gasteiger partial charge in [0.25, 0.3) is 0 Å². The molecule has 1 aromatic rings. The predicted molar refractivity (Wildman–Crippen MR) is 83.9 cm³/mol. The minimum atomic E-state index is 0.169. The molecule has 20 heavy (non-hydrogen) atoms. The van der Waals surface area contributed by atoms with E-state index < -0.39 is 0 Å². The van der Waals surface area contributed by atoms with E-state index in [4.69, 9.17) is 10.5 Å². The average Bonchev–Trinajstić information content (AvgIpc) is 3.14. The summed E-state index contributed by atoms with van der Waals surface area (Å²) in [5.41, 5.74) is 7.67. The summed E-state index contributed by atoms with van der Waals surface area (Å²) < 4.78 is 5.24. The Morgan fingerprint density at radius 2 is 1.95 bits per heavy atom. The van der Waals surface area contributed by atoms with Crippen LogP contribution in [0.2, 0.25) is 0 Å². The average molecular weight is 276 g/mol. The number of hydrogen-bond acceptors (Lipinski definition) is 3. The lowest BCUT2D eigenvalue weighted by atomic mass is 9.96. The molecule has 4 unspecified atom stereocenters. The second-order valence-electron chi connectivity index (χ2n) is 6.20. The van der Waals surface area contributed by atoms with Gasteiger partial charge in [-0.2, -0.15) is 0 Å². The van der Waals surface area contributed by atoms with Crippen molar-refractivity contribution in [2.75, 3.05) is 20.7 Å². The van der Waals surface area contributed by atoms with Crippen molar-refractivity contribution in [3.05, 3.63) is 29.8 Å². The van der Waals surface area contributed by atoms with Crippen LogP contribution in [0.1, 0.15) is 38.3 Å². The van der Waals surface area contributed by atoms with Crippen molar-refractivity contribution in [1.82, 2.24) is 4.90 Å². The first-order valence-electron chi connectivity index (χ1n) is 7.66. The highest BCUT2D eigenvalue weighted by molar-refractivity contribution is 5.30. The quantitative estimate of drug-likeness (QED) is 0.832. The van der Waals surface area contributed by atoms with E-state index in [1.54, 1.807) is 7.11 Å². The molecule has 1 aromatic carbocycles. The van der Waals surface area contributed by atoms with Crippen molar-refractivity contribution in [3.63, 3.8) is 0 Å². The third kappa shape index (κ3) is 3.53. The monoisotopic (exact) mass is 276 g/mol. The smallest absolute Gasteiger partial charge is 0.118 e. The van der Waals surface area contributed by atoms with Crippen LogP contribution < -0.4 is 10.5 Å². The summed E-state index contributed by atoms with van der Waals surface area (Å²) in [6, 6.07) is 8.80. The summed E-state index contributed by atoms with van der Waals surface area (Å²) in [4.78, 5) is 2.43. The first kappa shape index (κ1) is 15.3. The summed E-state index contributed by atoms with van der Waals surface area (Å²) in [6.45, 7) is 5.64. The van der Waals surface area contributed by atoms with E-state index in [0.717, 1.165) is 30.6 Å². The van der Waals surface area contributed by atoms with Gasteiger partial charge < -0.3 is 10.5 Å². The zero-order valence-electron chi connectivity index (χ0n) is 13.2. The van der Waals surface area contributed by atoms with E-state index in [-0.39, 0.29) is 6.04 Å². The highest BCUT2D eigenvalue weighted by Crippen LogP contribution is 2.39. The first-order valence-corrected chi connectivity index (χ1v) is 7.66. The number of nitrogens with zero attached hydrogens (tertiary/aromatic N) is 1. The van der Waals surface area contributed by atoms with Gasteiger partial charge in [-0.25, -0.2) is 0 Å². The summed E-state index contributed by atoms with van der Waals surface area (Å²) in [5.74, 6) is 2.63. The molecular formula is C17H28N2O. The Morgan fingerprint density at radius 3 is 2.40 bits per heavy atom. The van der Waals surface area contributed by atoms with Crippen LogP contribution in [0.3, 0.4) is 0 Å². The molecule has 3 nitrogen and oxygen atoms in total. The van der Waals surface area contributed by atoms with Crippen LogP contribution in [0.4, 0.5) is 0 Å². The van der Waals surface area contributed by atoms with Crippen molar-refractivity contribution in [3.8, 4) is 5.75 Å². The standard InChI is InChI=1S/C17H28N2O/c1-5-16(18)17(19(3)11-14-10-12(14)2)13-6-8-15(20-4)9-7-13/h6-9,12,14,16-17H,5,10-11,18H2,1-4H3. The Bertz CT molecular complexity index is 418. The van der Waals surface area contributed by atoms with Gasteiger partial charge >= 0.3 is 0 Å². The van der Waals surface area contributed by atoms with E-state index in [1.165, 1.54) is 12.0 Å². The number of methoxy groups -OCH3 is 1. The molecule has 1 saturated carbocycles. The predicted octanol–water partition coefficient (Wildman–Crippen LogP) is 3.06. The third-order valence-corrected chi connectivity index (χ3v) is 4.61. The fourth-order valence-corrected chi connectivity index (χ4v) is 2.99. The molecule has 1 aliphatic rings. The maximum atomic E-state index is 6.38. The van der Waals surface area contributed by atoms with Crippen LogP contribution >= 0.6 is 0 Å². The summed E-state index contributed by atoms with van der Waals surface area (Å²) in [6.07, 6.45) is 2.35. The van der Waals surface area contributed by atoms with E-state index >= 15 is 0 Å². The zero-order valence-corrected chi connectivity index (χ0v) is 13.2. The fourth-order valence-electron chi connectivity index (χ4n) is 2.99. The minimum absolute atomic E-state index is 0.169. The van der Waals surface area contributed by atoms with Crippen molar-refractivity contribution >= 4 is 0 Å². The second kappa shape index (κ2) is 6.59. The molecule has 0 amide bonds. The van der Waals surface area contributed by atoms with Gasteiger partial charge in [0.1, 0.15) is 5.75 Å². The molecule has 1 aliphatic carbocycles. The fraction of sp³-hybridized carbons (Fsp3) is 0.647. The molecule has 0 aromatic heterocycles. The van der Waals surface area contributed by atoms with Crippen LogP contribution in [0.25, 0.3) is 0 Å². The highest BCUT2D eigenvalue weighted by Gasteiger charge is 2.35. The van der Waals surface area contributed by atoms with E-state index in [2.05, 4.69) is 37.9 Å². The number of hydrogen-bond donors (Lipinski definition) is 1. The molecule has 0 saturated heterocycles. The van der Waals surface area contributed by atoms with Gasteiger partial charge in [0.2, 0.25) is 0 Å². The first-order chi connectivity index (χ1) is 9.56. The Kier molecular flexibility index (Phi) is 5.06. The SMILES string of the molecule is CCC(N)C(c1ccc(OC)cc1)N(C)CC1CC1C. The number of rotatable bonds is 7. The van der Waals surface area contributed by atoms with Crippen molar-refractivity contribution in [2.45, 2.75) is 38.8 Å². The maximum absolute atomic E-state index is 6.38. The van der Waals surface area contributed by atoms with Crippen LogP contribution in [-0.4, -0.2) is 31.6 Å². The molecular weight excluding hydrogens is 248 g/mol. The summed E-state index contributed by atoms with van der Waals surface area (Å²) in [7, 11) is 3.90. The minimum Gasteiger partial charge on any atom is -0.497 e. The van der Waals surface area contributed by atoms with Gasteiger partial charge in [0.15, 0.2) is 0 Å². The van der Waals surface area contributed by atoms with Gasteiger partial charge in [0, 0.05) is 18.6 Å². The molecule has 2 rings (SSSR count). The molecule has 4 atom stereocenters. The topological polar surface area (TPSA) is 38.5 Å². The normalized spacial score (nSPS) is 24.5. The molecule has 0 heterocycles. The summed E-state index contributed by atoms with van der Waals surface area (Å²) in [5, 5.41) is 0. The van der Waals surface area contributed by atoms with Crippen LogP contribution in [0, 0.1) is 11.8 Å². The Morgan fingerprint density at radius 1 is 1.35 bits per heavy atom. The van der Waals surface area contributed by atoms with Gasteiger partial charge in [-0.15, -0.1) is 0 Å².